The van der Waals surface area contributed by atoms with E-state index in [9.17, 15) is 0 Å². The quantitative estimate of drug-likeness (QED) is 0.652. The van der Waals surface area contributed by atoms with Crippen LogP contribution in [0.4, 0.5) is 0 Å². The lowest BCUT2D eigenvalue weighted by Gasteiger charge is -2.17. The van der Waals surface area contributed by atoms with E-state index in [0.717, 1.165) is 5.56 Å². The van der Waals surface area contributed by atoms with Crippen molar-refractivity contribution >= 4 is 0 Å². The van der Waals surface area contributed by atoms with Crippen LogP contribution < -0.4 is 15.2 Å². The Morgan fingerprint density at radius 3 is 3.08 bits per heavy atom. The van der Waals surface area contributed by atoms with Crippen LogP contribution in [0.15, 0.2) is 12.3 Å². The standard InChI is InChI=1S/C8H10N2O2/c9-4-6-3-7-8(10-5-6)12-2-1-11-7/h3,5H,1-2,4,9H2. The maximum Gasteiger partial charge on any atom is 0.257 e. The van der Waals surface area contributed by atoms with Gasteiger partial charge < -0.3 is 15.2 Å². The molecule has 0 fully saturated rings. The van der Waals surface area contributed by atoms with E-state index >= 15 is 0 Å². The summed E-state index contributed by atoms with van der Waals surface area (Å²) < 4.78 is 10.6. The molecule has 4 heteroatoms. The van der Waals surface area contributed by atoms with E-state index in [1.54, 1.807) is 6.20 Å². The summed E-state index contributed by atoms with van der Waals surface area (Å²) in [5.74, 6) is 1.27. The maximum absolute atomic E-state index is 5.45. The second-order valence-electron chi connectivity index (χ2n) is 2.55. The lowest BCUT2D eigenvalue weighted by atomic mass is 10.3. The van der Waals surface area contributed by atoms with Gasteiger partial charge in [-0.05, 0) is 11.6 Å². The van der Waals surface area contributed by atoms with Gasteiger partial charge in [-0.25, -0.2) is 4.98 Å². The van der Waals surface area contributed by atoms with Crippen LogP contribution in [-0.4, -0.2) is 18.2 Å². The van der Waals surface area contributed by atoms with Crippen LogP contribution in [0.5, 0.6) is 11.6 Å². The van der Waals surface area contributed by atoms with Crippen molar-refractivity contribution in [3.63, 3.8) is 0 Å². The minimum Gasteiger partial charge on any atom is -0.484 e. The molecule has 0 unspecified atom stereocenters. The average molecular weight is 166 g/mol. The van der Waals surface area contributed by atoms with E-state index < -0.39 is 0 Å². The van der Waals surface area contributed by atoms with Crippen LogP contribution in [0.3, 0.4) is 0 Å². The van der Waals surface area contributed by atoms with Crippen molar-refractivity contribution < 1.29 is 9.47 Å². The van der Waals surface area contributed by atoms with E-state index in [-0.39, 0.29) is 0 Å². The molecule has 0 bridgehead atoms. The maximum atomic E-state index is 5.45. The minimum atomic E-state index is 0.476. The molecule has 2 N–H and O–H groups in total. The Balaban J connectivity index is 2.36. The third-order valence-corrected chi connectivity index (χ3v) is 1.69. The van der Waals surface area contributed by atoms with Crippen molar-refractivity contribution in [1.82, 2.24) is 4.98 Å². The van der Waals surface area contributed by atoms with Crippen molar-refractivity contribution in [2.45, 2.75) is 6.54 Å². The first kappa shape index (κ1) is 7.36. The zero-order valence-corrected chi connectivity index (χ0v) is 6.62. The van der Waals surface area contributed by atoms with Gasteiger partial charge >= 0.3 is 0 Å². The summed E-state index contributed by atoms with van der Waals surface area (Å²) in [6, 6.07) is 1.86. The number of hydrogen-bond donors (Lipinski definition) is 1. The van der Waals surface area contributed by atoms with Crippen LogP contribution in [0.1, 0.15) is 5.56 Å². The molecule has 0 aliphatic carbocycles. The number of aromatic nitrogens is 1. The van der Waals surface area contributed by atoms with Gasteiger partial charge in [0.25, 0.3) is 5.88 Å². The third kappa shape index (κ3) is 1.21. The Hall–Kier alpha value is -1.29. The minimum absolute atomic E-state index is 0.476. The van der Waals surface area contributed by atoms with Gasteiger partial charge in [0.15, 0.2) is 5.75 Å². The number of rotatable bonds is 1. The number of nitrogens with two attached hydrogens (primary N) is 1. The first-order chi connectivity index (χ1) is 5.90. The fourth-order valence-electron chi connectivity index (χ4n) is 1.09. The molecule has 0 atom stereocenters. The van der Waals surface area contributed by atoms with Gasteiger partial charge in [-0.15, -0.1) is 0 Å². The Labute approximate surface area is 70.3 Å². The molecule has 2 heterocycles. The summed E-state index contributed by atoms with van der Waals surface area (Å²) in [6.45, 7) is 1.63. The molecule has 1 aromatic heterocycles. The van der Waals surface area contributed by atoms with E-state index in [4.69, 9.17) is 15.2 Å². The Morgan fingerprint density at radius 1 is 1.42 bits per heavy atom. The molecule has 0 amide bonds. The molecule has 1 aliphatic rings. The second kappa shape index (κ2) is 2.98. The summed E-state index contributed by atoms with van der Waals surface area (Å²) >= 11 is 0. The van der Waals surface area contributed by atoms with Crippen LogP contribution in [0.2, 0.25) is 0 Å². The largest absolute Gasteiger partial charge is 0.484 e. The van der Waals surface area contributed by atoms with Crippen molar-refractivity contribution in [3.05, 3.63) is 17.8 Å². The number of nitrogens with zero attached hydrogens (tertiary/aromatic N) is 1. The molecule has 0 spiro atoms. The molecule has 0 aromatic carbocycles. The van der Waals surface area contributed by atoms with Crippen molar-refractivity contribution in [1.29, 1.82) is 0 Å². The zero-order chi connectivity index (χ0) is 8.39. The molecular formula is C8H10N2O2. The molecule has 1 aliphatic heterocycles. The van der Waals surface area contributed by atoms with Crippen LogP contribution in [-0.2, 0) is 6.54 Å². The summed E-state index contributed by atoms with van der Waals surface area (Å²) in [4.78, 5) is 4.06. The monoisotopic (exact) mass is 166 g/mol. The smallest absolute Gasteiger partial charge is 0.257 e. The zero-order valence-electron chi connectivity index (χ0n) is 6.62. The first-order valence-corrected chi connectivity index (χ1v) is 3.85. The highest BCUT2D eigenvalue weighted by atomic mass is 16.6. The fraction of sp³-hybridized carbons (Fsp3) is 0.375. The molecule has 1 aromatic rings. The SMILES string of the molecule is NCc1cnc2c(c1)OCCO2. The van der Waals surface area contributed by atoms with Gasteiger partial charge in [-0.2, -0.15) is 0 Å². The third-order valence-electron chi connectivity index (χ3n) is 1.69. The predicted molar refractivity (Wildman–Crippen MR) is 43.1 cm³/mol. The number of fused-ring (bicyclic) bond motifs is 1. The average Bonchev–Trinajstić information content (AvgIpc) is 2.17. The van der Waals surface area contributed by atoms with Gasteiger partial charge in [0.2, 0.25) is 0 Å². The highest BCUT2D eigenvalue weighted by Crippen LogP contribution is 2.27. The Bertz CT molecular complexity index is 288. The number of pyridine rings is 1. The van der Waals surface area contributed by atoms with Gasteiger partial charge in [0, 0.05) is 12.7 Å². The highest BCUT2D eigenvalue weighted by molar-refractivity contribution is 5.37. The predicted octanol–water partition coefficient (Wildman–Crippen LogP) is 0.311. The molecular weight excluding hydrogens is 156 g/mol. The summed E-state index contributed by atoms with van der Waals surface area (Å²) in [6.07, 6.45) is 1.70. The van der Waals surface area contributed by atoms with Crippen molar-refractivity contribution in [3.8, 4) is 11.6 Å². The number of ether oxygens (including phenoxy) is 2. The van der Waals surface area contributed by atoms with Crippen LogP contribution in [0, 0.1) is 0 Å². The topological polar surface area (TPSA) is 57.4 Å². The van der Waals surface area contributed by atoms with Crippen molar-refractivity contribution in [2.75, 3.05) is 13.2 Å². The normalized spacial score (nSPS) is 14.4. The molecule has 0 saturated heterocycles. The highest BCUT2D eigenvalue weighted by Gasteiger charge is 2.12. The van der Waals surface area contributed by atoms with Crippen molar-refractivity contribution in [2.24, 2.45) is 5.73 Å². The van der Waals surface area contributed by atoms with Crippen LogP contribution in [0.25, 0.3) is 0 Å². The van der Waals surface area contributed by atoms with E-state index in [2.05, 4.69) is 4.98 Å². The molecule has 0 saturated carbocycles. The summed E-state index contributed by atoms with van der Waals surface area (Å²) in [5.41, 5.74) is 6.40. The van der Waals surface area contributed by atoms with Gasteiger partial charge in [0.05, 0.1) is 0 Å². The molecule has 64 valence electrons. The van der Waals surface area contributed by atoms with Crippen LogP contribution >= 0.6 is 0 Å². The number of hydrogen-bond acceptors (Lipinski definition) is 4. The molecule has 12 heavy (non-hydrogen) atoms. The van der Waals surface area contributed by atoms with E-state index in [1.807, 2.05) is 6.07 Å². The van der Waals surface area contributed by atoms with Gasteiger partial charge in [-0.1, -0.05) is 0 Å². The Morgan fingerprint density at radius 2 is 2.25 bits per heavy atom. The summed E-state index contributed by atoms with van der Waals surface area (Å²) in [7, 11) is 0. The first-order valence-electron chi connectivity index (χ1n) is 3.85. The molecule has 2 rings (SSSR count). The summed E-state index contributed by atoms with van der Waals surface area (Å²) in [5, 5.41) is 0. The van der Waals surface area contributed by atoms with Gasteiger partial charge in [-0.3, -0.25) is 0 Å². The van der Waals surface area contributed by atoms with Gasteiger partial charge in [0.1, 0.15) is 13.2 Å². The van der Waals surface area contributed by atoms with E-state index in [0.29, 0.717) is 31.4 Å². The molecule has 0 radical (unpaired) electrons. The molecule has 4 nitrogen and oxygen atoms in total. The lowest BCUT2D eigenvalue weighted by molar-refractivity contribution is 0.164. The van der Waals surface area contributed by atoms with E-state index in [1.165, 1.54) is 0 Å². The fourth-order valence-corrected chi connectivity index (χ4v) is 1.09. The Kier molecular flexibility index (Phi) is 1.83. The second-order valence-corrected chi connectivity index (χ2v) is 2.55. The lowest BCUT2D eigenvalue weighted by Crippen LogP contribution is -2.16.